The molecular formula is C13H18ClNO3. The van der Waals surface area contributed by atoms with Crippen LogP contribution in [0.5, 0.6) is 5.75 Å². The van der Waals surface area contributed by atoms with Gasteiger partial charge in [-0.1, -0.05) is 0 Å². The number of hydrogen-bond donors (Lipinski definition) is 2. The van der Waals surface area contributed by atoms with Gasteiger partial charge in [0.25, 0.3) is 0 Å². The third-order valence-electron chi connectivity index (χ3n) is 3.12. The van der Waals surface area contributed by atoms with E-state index in [1.165, 1.54) is 0 Å². The van der Waals surface area contributed by atoms with Gasteiger partial charge in [-0.25, -0.2) is 4.79 Å². The van der Waals surface area contributed by atoms with Gasteiger partial charge in [0.2, 0.25) is 0 Å². The highest BCUT2D eigenvalue weighted by atomic mass is 35.5. The normalized spacial score (nSPS) is 22.9. The number of rotatable bonds is 3. The summed E-state index contributed by atoms with van der Waals surface area (Å²) in [6.07, 6.45) is 4.16. The van der Waals surface area contributed by atoms with Crippen LogP contribution in [0.4, 0.5) is 0 Å². The zero-order valence-electron chi connectivity index (χ0n) is 10.0. The molecule has 1 aromatic rings. The summed E-state index contributed by atoms with van der Waals surface area (Å²) in [4.78, 5) is 10.7. The van der Waals surface area contributed by atoms with Crippen molar-refractivity contribution < 1.29 is 14.6 Å². The molecule has 1 aromatic carbocycles. The van der Waals surface area contributed by atoms with E-state index in [2.05, 4.69) is 0 Å². The maximum atomic E-state index is 10.7. The van der Waals surface area contributed by atoms with Gasteiger partial charge in [-0.3, -0.25) is 0 Å². The lowest BCUT2D eigenvalue weighted by atomic mass is 9.94. The maximum Gasteiger partial charge on any atom is 0.335 e. The van der Waals surface area contributed by atoms with Crippen molar-refractivity contribution in [1.82, 2.24) is 0 Å². The highest BCUT2D eigenvalue weighted by Crippen LogP contribution is 2.23. The zero-order valence-corrected chi connectivity index (χ0v) is 10.9. The summed E-state index contributed by atoms with van der Waals surface area (Å²) in [5.41, 5.74) is 6.10. The molecule has 3 N–H and O–H groups in total. The van der Waals surface area contributed by atoms with Crippen molar-refractivity contribution in [3.05, 3.63) is 29.8 Å². The second kappa shape index (κ2) is 6.61. The highest BCUT2D eigenvalue weighted by molar-refractivity contribution is 5.87. The fourth-order valence-electron chi connectivity index (χ4n) is 2.07. The van der Waals surface area contributed by atoms with E-state index in [9.17, 15) is 4.79 Å². The van der Waals surface area contributed by atoms with Crippen molar-refractivity contribution in [3.8, 4) is 5.75 Å². The molecule has 100 valence electrons. The van der Waals surface area contributed by atoms with Crippen molar-refractivity contribution in [2.24, 2.45) is 5.73 Å². The summed E-state index contributed by atoms with van der Waals surface area (Å²) >= 11 is 0. The Bertz CT molecular complexity index is 386. The zero-order chi connectivity index (χ0) is 12.3. The first-order chi connectivity index (χ1) is 8.15. The van der Waals surface area contributed by atoms with Gasteiger partial charge in [0.1, 0.15) is 5.75 Å². The maximum absolute atomic E-state index is 10.7. The topological polar surface area (TPSA) is 72.5 Å². The summed E-state index contributed by atoms with van der Waals surface area (Å²) in [6.45, 7) is 0. The fourth-order valence-corrected chi connectivity index (χ4v) is 2.07. The number of carboxylic acids is 1. The Hall–Kier alpha value is -1.26. The van der Waals surface area contributed by atoms with Crippen LogP contribution in [-0.2, 0) is 0 Å². The molecule has 5 heteroatoms. The van der Waals surface area contributed by atoms with E-state index in [4.69, 9.17) is 15.6 Å². The van der Waals surface area contributed by atoms with Crippen LogP contribution < -0.4 is 10.5 Å². The Morgan fingerprint density at radius 3 is 2.22 bits per heavy atom. The van der Waals surface area contributed by atoms with E-state index in [0.29, 0.717) is 6.04 Å². The number of ether oxygens (including phenoxy) is 1. The lowest BCUT2D eigenvalue weighted by Crippen LogP contribution is -2.31. The molecule has 1 fully saturated rings. The Morgan fingerprint density at radius 2 is 1.72 bits per heavy atom. The molecule has 1 saturated carbocycles. The number of carboxylic acid groups (broad SMARTS) is 1. The van der Waals surface area contributed by atoms with Gasteiger partial charge in [-0.05, 0) is 49.9 Å². The van der Waals surface area contributed by atoms with Gasteiger partial charge in [0.05, 0.1) is 11.7 Å². The average Bonchev–Trinajstić information content (AvgIpc) is 2.33. The molecule has 0 radical (unpaired) electrons. The van der Waals surface area contributed by atoms with E-state index < -0.39 is 5.97 Å². The lowest BCUT2D eigenvalue weighted by Gasteiger charge is -2.26. The number of nitrogens with two attached hydrogens (primary N) is 1. The SMILES string of the molecule is Cl.N[C@H]1CC[C@H](Oc2ccc(C(=O)O)cc2)CC1. The molecule has 0 amide bonds. The van der Waals surface area contributed by atoms with E-state index in [-0.39, 0.29) is 24.1 Å². The summed E-state index contributed by atoms with van der Waals surface area (Å²) < 4.78 is 5.79. The van der Waals surface area contributed by atoms with Gasteiger partial charge >= 0.3 is 5.97 Å². The van der Waals surface area contributed by atoms with Gasteiger partial charge in [0.15, 0.2) is 0 Å². The van der Waals surface area contributed by atoms with Gasteiger partial charge in [0, 0.05) is 6.04 Å². The van der Waals surface area contributed by atoms with Crippen LogP contribution in [0.25, 0.3) is 0 Å². The predicted molar refractivity (Wildman–Crippen MR) is 71.5 cm³/mol. The van der Waals surface area contributed by atoms with E-state index >= 15 is 0 Å². The summed E-state index contributed by atoms with van der Waals surface area (Å²) in [6, 6.07) is 6.85. The molecule has 0 atom stereocenters. The smallest absolute Gasteiger partial charge is 0.335 e. The predicted octanol–water partition coefficient (Wildman–Crippen LogP) is 2.46. The lowest BCUT2D eigenvalue weighted by molar-refractivity contribution is 0.0697. The van der Waals surface area contributed by atoms with Crippen LogP contribution in [0.3, 0.4) is 0 Å². The molecule has 0 aliphatic heterocycles. The van der Waals surface area contributed by atoms with Crippen molar-refractivity contribution in [2.75, 3.05) is 0 Å². The van der Waals surface area contributed by atoms with Crippen LogP contribution in [0.2, 0.25) is 0 Å². The largest absolute Gasteiger partial charge is 0.490 e. The minimum absolute atomic E-state index is 0. The molecule has 0 spiro atoms. The molecule has 0 unspecified atom stereocenters. The molecule has 4 nitrogen and oxygen atoms in total. The van der Waals surface area contributed by atoms with E-state index in [0.717, 1.165) is 31.4 Å². The Balaban J connectivity index is 0.00000162. The molecule has 1 aliphatic rings. The summed E-state index contributed by atoms with van der Waals surface area (Å²) in [5, 5.41) is 8.77. The van der Waals surface area contributed by atoms with Gasteiger partial charge < -0.3 is 15.6 Å². The minimum Gasteiger partial charge on any atom is -0.490 e. The average molecular weight is 272 g/mol. The molecule has 0 bridgehead atoms. The molecule has 0 saturated heterocycles. The van der Waals surface area contributed by atoms with E-state index in [1.807, 2.05) is 0 Å². The summed E-state index contributed by atoms with van der Waals surface area (Å²) in [7, 11) is 0. The summed E-state index contributed by atoms with van der Waals surface area (Å²) in [5.74, 6) is -0.185. The minimum atomic E-state index is -0.916. The monoisotopic (exact) mass is 271 g/mol. The van der Waals surface area contributed by atoms with Crippen LogP contribution in [-0.4, -0.2) is 23.2 Å². The van der Waals surface area contributed by atoms with Gasteiger partial charge in [-0.2, -0.15) is 0 Å². The van der Waals surface area contributed by atoms with Crippen molar-refractivity contribution >= 4 is 18.4 Å². The highest BCUT2D eigenvalue weighted by Gasteiger charge is 2.19. The van der Waals surface area contributed by atoms with Crippen molar-refractivity contribution in [3.63, 3.8) is 0 Å². The number of aromatic carboxylic acids is 1. The molecule has 0 heterocycles. The molecule has 1 aliphatic carbocycles. The number of hydrogen-bond acceptors (Lipinski definition) is 3. The first-order valence-corrected chi connectivity index (χ1v) is 5.91. The molecular weight excluding hydrogens is 254 g/mol. The third kappa shape index (κ3) is 3.89. The second-order valence-corrected chi connectivity index (χ2v) is 4.48. The standard InChI is InChI=1S/C13H17NO3.ClH/c14-10-3-7-12(8-4-10)17-11-5-1-9(2-6-11)13(15)16;/h1-2,5-6,10,12H,3-4,7-8,14H2,(H,15,16);1H/t10-,12-;. The van der Waals surface area contributed by atoms with Crippen LogP contribution in [0, 0.1) is 0 Å². The van der Waals surface area contributed by atoms with Crippen LogP contribution in [0.15, 0.2) is 24.3 Å². The first kappa shape index (κ1) is 14.8. The number of benzene rings is 1. The Kier molecular flexibility index (Phi) is 5.44. The second-order valence-electron chi connectivity index (χ2n) is 4.48. The number of carbonyl (C=O) groups is 1. The van der Waals surface area contributed by atoms with Gasteiger partial charge in [-0.15, -0.1) is 12.4 Å². The third-order valence-corrected chi connectivity index (χ3v) is 3.12. The first-order valence-electron chi connectivity index (χ1n) is 5.91. The number of halogens is 1. The Morgan fingerprint density at radius 1 is 1.17 bits per heavy atom. The molecule has 2 rings (SSSR count). The van der Waals surface area contributed by atoms with Crippen LogP contribution >= 0.6 is 12.4 Å². The Labute approximate surface area is 113 Å². The molecule has 0 aromatic heterocycles. The molecule has 18 heavy (non-hydrogen) atoms. The quantitative estimate of drug-likeness (QED) is 0.886. The van der Waals surface area contributed by atoms with Crippen LogP contribution in [0.1, 0.15) is 36.0 Å². The fraction of sp³-hybridized carbons (Fsp3) is 0.462. The van der Waals surface area contributed by atoms with Crippen molar-refractivity contribution in [1.29, 1.82) is 0 Å². The van der Waals surface area contributed by atoms with E-state index in [1.54, 1.807) is 24.3 Å². The van der Waals surface area contributed by atoms with Crippen molar-refractivity contribution in [2.45, 2.75) is 37.8 Å².